The summed E-state index contributed by atoms with van der Waals surface area (Å²) in [5, 5.41) is 8.67. The maximum atomic E-state index is 13.6. The third-order valence-corrected chi connectivity index (χ3v) is 7.54. The molecule has 0 saturated heterocycles. The average molecular weight is 508 g/mol. The third-order valence-electron chi connectivity index (χ3n) is 5.91. The Morgan fingerprint density at radius 1 is 1.14 bits per heavy atom. The number of sulfonamides is 1. The number of aliphatic carboxylic acids is 1. The molecule has 0 radical (unpaired) electrons. The van der Waals surface area contributed by atoms with Crippen molar-refractivity contribution in [2.24, 2.45) is 0 Å². The zero-order chi connectivity index (χ0) is 25.9. The van der Waals surface area contributed by atoms with Gasteiger partial charge in [0.2, 0.25) is 5.09 Å². The molecule has 2 aromatic carbocycles. The van der Waals surface area contributed by atoms with Gasteiger partial charge in [-0.2, -0.15) is 8.42 Å². The van der Waals surface area contributed by atoms with Gasteiger partial charge < -0.3 is 14.3 Å². The van der Waals surface area contributed by atoms with E-state index < -0.39 is 16.0 Å². The van der Waals surface area contributed by atoms with E-state index in [-0.39, 0.29) is 18.2 Å². The van der Waals surface area contributed by atoms with E-state index in [1.807, 2.05) is 24.3 Å². The number of rotatable bonds is 10. The van der Waals surface area contributed by atoms with Crippen LogP contribution in [0.3, 0.4) is 0 Å². The summed E-state index contributed by atoms with van der Waals surface area (Å²) in [5.74, 6) is -0.0277. The van der Waals surface area contributed by atoms with Crippen LogP contribution < -0.4 is 9.04 Å². The summed E-state index contributed by atoms with van der Waals surface area (Å²) in [4.78, 5) is 10.7. The first kappa shape index (κ1) is 25.3. The van der Waals surface area contributed by atoms with E-state index in [0.29, 0.717) is 22.8 Å². The van der Waals surface area contributed by atoms with E-state index >= 15 is 0 Å². The van der Waals surface area contributed by atoms with E-state index in [4.69, 9.17) is 14.3 Å². The van der Waals surface area contributed by atoms with Gasteiger partial charge in [-0.05, 0) is 85.7 Å². The molecule has 0 aliphatic heterocycles. The molecule has 1 N–H and O–H groups in total. The van der Waals surface area contributed by atoms with Crippen molar-refractivity contribution < 1.29 is 27.5 Å². The number of benzene rings is 2. The first-order valence-electron chi connectivity index (χ1n) is 11.7. The monoisotopic (exact) mass is 507 g/mol. The van der Waals surface area contributed by atoms with Gasteiger partial charge in [0.25, 0.3) is 10.0 Å². The Morgan fingerprint density at radius 2 is 1.83 bits per heavy atom. The second-order valence-electron chi connectivity index (χ2n) is 8.98. The topological polar surface area (TPSA) is 97.0 Å². The normalized spacial score (nSPS) is 13.1. The van der Waals surface area contributed by atoms with Gasteiger partial charge in [0, 0.05) is 6.08 Å². The van der Waals surface area contributed by atoms with Crippen molar-refractivity contribution >= 4 is 27.8 Å². The molecule has 4 rings (SSSR count). The average Bonchev–Trinajstić information content (AvgIpc) is 3.48. The van der Waals surface area contributed by atoms with Crippen LogP contribution in [0.1, 0.15) is 41.4 Å². The fraction of sp³-hybridized carbons (Fsp3) is 0.250. The van der Waals surface area contributed by atoms with Gasteiger partial charge >= 0.3 is 5.97 Å². The van der Waals surface area contributed by atoms with Gasteiger partial charge in [0.1, 0.15) is 18.1 Å². The van der Waals surface area contributed by atoms with Crippen molar-refractivity contribution in [3.05, 3.63) is 94.8 Å². The van der Waals surface area contributed by atoms with Crippen LogP contribution in [0.2, 0.25) is 0 Å². The van der Waals surface area contributed by atoms with Crippen LogP contribution in [0.25, 0.3) is 6.08 Å². The van der Waals surface area contributed by atoms with Gasteiger partial charge in [-0.1, -0.05) is 36.4 Å². The molecule has 188 valence electrons. The first-order valence-corrected chi connectivity index (χ1v) is 13.1. The van der Waals surface area contributed by atoms with E-state index in [0.717, 1.165) is 47.6 Å². The molecule has 0 saturated carbocycles. The standard InChI is InChI=1S/C28H29NO6S/c1-19(2)17-29(36(32,33)28-14-7-20(3)35-28)25-15-23-5-4-6-24(23)16-26(25)34-18-22-10-8-21(9-11-22)12-13-27(30)31/h7-16H,1,4-6,17-18H2,2-3H3,(H,30,31)/b13-12+. The molecular formula is C28H29NO6S. The van der Waals surface area contributed by atoms with E-state index in [9.17, 15) is 13.2 Å². The van der Waals surface area contributed by atoms with Crippen LogP contribution in [-0.2, 0) is 34.3 Å². The molecule has 0 amide bonds. The molecule has 36 heavy (non-hydrogen) atoms. The molecule has 0 spiro atoms. The SMILES string of the molecule is C=C(C)CN(c1cc2c(cc1OCc1ccc(/C=C/C(=O)O)cc1)CCC2)S(=O)(=O)c1ccc(C)o1. The highest BCUT2D eigenvalue weighted by Crippen LogP contribution is 2.39. The van der Waals surface area contributed by atoms with Crippen molar-refractivity contribution in [3.63, 3.8) is 0 Å². The number of carbonyl (C=O) groups is 1. The lowest BCUT2D eigenvalue weighted by molar-refractivity contribution is -0.131. The molecule has 3 aromatic rings. The minimum absolute atomic E-state index is 0.0852. The van der Waals surface area contributed by atoms with Crippen LogP contribution in [0.5, 0.6) is 5.75 Å². The molecule has 0 bridgehead atoms. The molecular weight excluding hydrogens is 478 g/mol. The molecule has 1 heterocycles. The number of carboxylic acids is 1. The Kier molecular flexibility index (Phi) is 7.35. The van der Waals surface area contributed by atoms with Crippen molar-refractivity contribution in [3.8, 4) is 5.75 Å². The molecule has 7 nitrogen and oxygen atoms in total. The summed E-state index contributed by atoms with van der Waals surface area (Å²) in [6.07, 6.45) is 5.41. The predicted octanol–water partition coefficient (Wildman–Crippen LogP) is 5.52. The van der Waals surface area contributed by atoms with Crippen LogP contribution in [-0.4, -0.2) is 26.0 Å². The molecule has 0 atom stereocenters. The summed E-state index contributed by atoms with van der Waals surface area (Å²) in [5.41, 5.74) is 5.03. The Balaban J connectivity index is 1.68. The summed E-state index contributed by atoms with van der Waals surface area (Å²) in [7, 11) is -4.00. The summed E-state index contributed by atoms with van der Waals surface area (Å²) < 4.78 is 40.3. The Hall–Kier alpha value is -3.78. The second-order valence-corrected chi connectivity index (χ2v) is 10.8. The minimum Gasteiger partial charge on any atom is -0.487 e. The molecule has 1 aliphatic rings. The minimum atomic E-state index is -4.00. The van der Waals surface area contributed by atoms with Gasteiger partial charge in [-0.15, -0.1) is 0 Å². The van der Waals surface area contributed by atoms with E-state index in [1.165, 1.54) is 16.4 Å². The highest BCUT2D eigenvalue weighted by atomic mass is 32.2. The van der Waals surface area contributed by atoms with Crippen LogP contribution in [0.15, 0.2) is 76.3 Å². The molecule has 8 heteroatoms. The quantitative estimate of drug-likeness (QED) is 0.286. The number of hydrogen-bond donors (Lipinski definition) is 1. The summed E-state index contributed by atoms with van der Waals surface area (Å²) in [6.45, 7) is 7.73. The fourth-order valence-corrected chi connectivity index (χ4v) is 5.64. The van der Waals surface area contributed by atoms with Crippen LogP contribution in [0.4, 0.5) is 5.69 Å². The number of furan rings is 1. The number of aryl methyl sites for hydroxylation is 3. The lowest BCUT2D eigenvalue weighted by Gasteiger charge is -2.26. The Labute approximate surface area is 211 Å². The Bertz CT molecular complexity index is 1420. The van der Waals surface area contributed by atoms with E-state index in [2.05, 4.69) is 6.58 Å². The van der Waals surface area contributed by atoms with Crippen molar-refractivity contribution in [2.45, 2.75) is 44.8 Å². The lowest BCUT2D eigenvalue weighted by Crippen LogP contribution is -2.32. The number of anilines is 1. The molecule has 1 aromatic heterocycles. The number of fused-ring (bicyclic) bond motifs is 1. The maximum absolute atomic E-state index is 13.6. The first-order chi connectivity index (χ1) is 17.1. The Morgan fingerprint density at radius 3 is 2.44 bits per heavy atom. The van der Waals surface area contributed by atoms with Crippen molar-refractivity contribution in [1.29, 1.82) is 0 Å². The van der Waals surface area contributed by atoms with Gasteiger partial charge in [-0.3, -0.25) is 4.31 Å². The highest BCUT2D eigenvalue weighted by Gasteiger charge is 2.31. The van der Waals surface area contributed by atoms with Crippen molar-refractivity contribution in [1.82, 2.24) is 0 Å². The number of hydrogen-bond acceptors (Lipinski definition) is 5. The third kappa shape index (κ3) is 5.71. The zero-order valence-corrected chi connectivity index (χ0v) is 21.2. The van der Waals surface area contributed by atoms with Crippen LogP contribution >= 0.6 is 0 Å². The van der Waals surface area contributed by atoms with Gasteiger partial charge in [0.05, 0.1) is 12.2 Å². The highest BCUT2D eigenvalue weighted by molar-refractivity contribution is 7.92. The van der Waals surface area contributed by atoms with Gasteiger partial charge in [0.15, 0.2) is 0 Å². The molecule has 0 unspecified atom stereocenters. The molecule has 0 fully saturated rings. The summed E-state index contributed by atoms with van der Waals surface area (Å²) >= 11 is 0. The zero-order valence-electron chi connectivity index (χ0n) is 20.4. The lowest BCUT2D eigenvalue weighted by atomic mass is 10.1. The van der Waals surface area contributed by atoms with Crippen molar-refractivity contribution in [2.75, 3.05) is 10.8 Å². The second kappa shape index (κ2) is 10.5. The maximum Gasteiger partial charge on any atom is 0.328 e. The number of ether oxygens (including phenoxy) is 1. The molecule has 1 aliphatic carbocycles. The number of carboxylic acid groups (broad SMARTS) is 1. The predicted molar refractivity (Wildman–Crippen MR) is 139 cm³/mol. The smallest absolute Gasteiger partial charge is 0.328 e. The van der Waals surface area contributed by atoms with Gasteiger partial charge in [-0.25, -0.2) is 4.79 Å². The largest absolute Gasteiger partial charge is 0.487 e. The van der Waals surface area contributed by atoms with Crippen LogP contribution in [0, 0.1) is 6.92 Å². The fourth-order valence-electron chi connectivity index (χ4n) is 4.16. The van der Waals surface area contributed by atoms with E-state index in [1.54, 1.807) is 32.0 Å². The number of nitrogens with zero attached hydrogens (tertiary/aromatic N) is 1. The summed E-state index contributed by atoms with van der Waals surface area (Å²) in [6, 6.07) is 14.2.